The lowest BCUT2D eigenvalue weighted by Crippen LogP contribution is -2.26. The molecule has 5 heteroatoms. The highest BCUT2D eigenvalue weighted by molar-refractivity contribution is 5.99. The van der Waals surface area contributed by atoms with E-state index in [1.165, 1.54) is 13.2 Å². The number of carbonyl (C=O) groups is 1. The zero-order chi connectivity index (χ0) is 11.3. The van der Waals surface area contributed by atoms with Crippen LogP contribution in [-0.2, 0) is 0 Å². The van der Waals surface area contributed by atoms with Gasteiger partial charge in [0, 0.05) is 6.54 Å². The average Bonchev–Trinajstić information content (AvgIpc) is 2.25. The van der Waals surface area contributed by atoms with Crippen LogP contribution in [0.15, 0.2) is 18.2 Å². The third-order valence-corrected chi connectivity index (χ3v) is 1.85. The van der Waals surface area contributed by atoms with Crippen LogP contribution in [-0.4, -0.2) is 36.4 Å². The third kappa shape index (κ3) is 2.60. The molecule has 15 heavy (non-hydrogen) atoms. The molecule has 0 unspecified atom stereocenters. The number of ether oxygens (including phenoxy) is 1. The summed E-state index contributed by atoms with van der Waals surface area (Å²) in [5.41, 5.74) is 0.0773. The lowest BCUT2D eigenvalue weighted by Gasteiger charge is -2.09. The van der Waals surface area contributed by atoms with E-state index in [1.807, 2.05) is 0 Å². The Morgan fingerprint density at radius 3 is 2.87 bits per heavy atom. The molecule has 1 aromatic carbocycles. The fourth-order valence-corrected chi connectivity index (χ4v) is 1.18. The van der Waals surface area contributed by atoms with E-state index in [2.05, 4.69) is 5.32 Å². The number of phenolic OH excluding ortho intramolecular Hbond substituents is 1. The normalized spacial score (nSPS) is 9.73. The smallest absolute Gasteiger partial charge is 0.258 e. The van der Waals surface area contributed by atoms with E-state index in [0.29, 0.717) is 5.75 Å². The second-order valence-corrected chi connectivity index (χ2v) is 2.83. The first-order valence-corrected chi connectivity index (χ1v) is 4.45. The maximum Gasteiger partial charge on any atom is 0.258 e. The van der Waals surface area contributed by atoms with Crippen LogP contribution < -0.4 is 10.1 Å². The van der Waals surface area contributed by atoms with Crippen LogP contribution in [0.1, 0.15) is 10.4 Å². The van der Waals surface area contributed by atoms with Crippen LogP contribution in [0, 0.1) is 0 Å². The van der Waals surface area contributed by atoms with Gasteiger partial charge in [-0.25, -0.2) is 0 Å². The number of carbonyl (C=O) groups excluding carboxylic acids is 1. The predicted molar refractivity (Wildman–Crippen MR) is 54.1 cm³/mol. The van der Waals surface area contributed by atoms with Gasteiger partial charge in [-0.1, -0.05) is 6.07 Å². The molecule has 1 amide bonds. The summed E-state index contributed by atoms with van der Waals surface area (Å²) in [4.78, 5) is 11.5. The monoisotopic (exact) mass is 211 g/mol. The van der Waals surface area contributed by atoms with Gasteiger partial charge >= 0.3 is 0 Å². The lowest BCUT2D eigenvalue weighted by atomic mass is 10.1. The van der Waals surface area contributed by atoms with Crippen molar-refractivity contribution >= 4 is 5.91 Å². The Morgan fingerprint density at radius 2 is 2.27 bits per heavy atom. The molecule has 0 spiro atoms. The molecule has 0 saturated heterocycles. The summed E-state index contributed by atoms with van der Waals surface area (Å²) in [6.45, 7) is -0.0159. The largest absolute Gasteiger partial charge is 0.507 e. The highest BCUT2D eigenvalue weighted by Gasteiger charge is 2.15. The quantitative estimate of drug-likeness (QED) is 0.661. The van der Waals surface area contributed by atoms with E-state index in [1.54, 1.807) is 12.1 Å². The average molecular weight is 211 g/mol. The van der Waals surface area contributed by atoms with Gasteiger partial charge in [0.1, 0.15) is 17.1 Å². The first-order valence-electron chi connectivity index (χ1n) is 4.45. The van der Waals surface area contributed by atoms with Gasteiger partial charge in [0.15, 0.2) is 0 Å². The molecule has 0 fully saturated rings. The van der Waals surface area contributed by atoms with Gasteiger partial charge in [-0.3, -0.25) is 4.79 Å². The number of amides is 1. The Hall–Kier alpha value is -1.75. The van der Waals surface area contributed by atoms with Crippen LogP contribution in [0.25, 0.3) is 0 Å². The number of phenols is 1. The van der Waals surface area contributed by atoms with Crippen molar-refractivity contribution in [2.45, 2.75) is 0 Å². The van der Waals surface area contributed by atoms with Gasteiger partial charge in [0.05, 0.1) is 13.7 Å². The second kappa shape index (κ2) is 5.21. The fraction of sp³-hybridized carbons (Fsp3) is 0.300. The predicted octanol–water partition coefficient (Wildman–Crippen LogP) is 0.123. The van der Waals surface area contributed by atoms with Crippen LogP contribution >= 0.6 is 0 Å². The highest BCUT2D eigenvalue weighted by atomic mass is 16.5. The molecular formula is C10H13NO4. The third-order valence-electron chi connectivity index (χ3n) is 1.85. The molecular weight excluding hydrogens is 198 g/mol. The Labute approximate surface area is 87.3 Å². The topological polar surface area (TPSA) is 78.8 Å². The van der Waals surface area contributed by atoms with Gasteiger partial charge in [-0.15, -0.1) is 0 Å². The maximum atomic E-state index is 11.5. The van der Waals surface area contributed by atoms with E-state index >= 15 is 0 Å². The molecule has 0 atom stereocenters. The van der Waals surface area contributed by atoms with Crippen molar-refractivity contribution in [3.63, 3.8) is 0 Å². The second-order valence-electron chi connectivity index (χ2n) is 2.83. The molecule has 0 radical (unpaired) electrons. The summed E-state index contributed by atoms with van der Waals surface area (Å²) in [5, 5.41) is 20.5. The summed E-state index contributed by atoms with van der Waals surface area (Å²) < 4.78 is 4.94. The number of methoxy groups -OCH3 is 1. The van der Waals surface area contributed by atoms with Gasteiger partial charge in [0.25, 0.3) is 5.91 Å². The van der Waals surface area contributed by atoms with Gasteiger partial charge in [-0.05, 0) is 12.1 Å². The summed E-state index contributed by atoms with van der Waals surface area (Å²) in [6.07, 6.45) is 0. The van der Waals surface area contributed by atoms with Crippen LogP contribution in [0.3, 0.4) is 0 Å². The van der Waals surface area contributed by atoms with Crippen molar-refractivity contribution < 1.29 is 19.7 Å². The van der Waals surface area contributed by atoms with Gasteiger partial charge in [-0.2, -0.15) is 0 Å². The zero-order valence-corrected chi connectivity index (χ0v) is 8.36. The van der Waals surface area contributed by atoms with Crippen LogP contribution in [0.2, 0.25) is 0 Å². The van der Waals surface area contributed by atoms with E-state index < -0.39 is 5.91 Å². The molecule has 0 heterocycles. The molecule has 1 aromatic rings. The van der Waals surface area contributed by atoms with Gasteiger partial charge in [0.2, 0.25) is 0 Å². The van der Waals surface area contributed by atoms with Gasteiger partial charge < -0.3 is 20.3 Å². The highest BCUT2D eigenvalue weighted by Crippen LogP contribution is 2.26. The van der Waals surface area contributed by atoms with Crippen molar-refractivity contribution in [1.29, 1.82) is 0 Å². The van der Waals surface area contributed by atoms with Crippen molar-refractivity contribution in [3.05, 3.63) is 23.8 Å². The molecule has 82 valence electrons. The van der Waals surface area contributed by atoms with E-state index in [-0.39, 0.29) is 24.5 Å². The SMILES string of the molecule is COc1cccc(O)c1C(=O)NCCO. The van der Waals surface area contributed by atoms with E-state index in [0.717, 1.165) is 0 Å². The molecule has 0 aromatic heterocycles. The molecule has 5 nitrogen and oxygen atoms in total. The van der Waals surface area contributed by atoms with Crippen LogP contribution in [0.4, 0.5) is 0 Å². The first-order chi connectivity index (χ1) is 7.20. The minimum absolute atomic E-state index is 0.0773. The molecule has 0 aliphatic heterocycles. The molecule has 0 aliphatic rings. The molecule has 0 saturated carbocycles. The number of aliphatic hydroxyl groups is 1. The van der Waals surface area contributed by atoms with Crippen molar-refractivity contribution in [2.24, 2.45) is 0 Å². The fourth-order valence-electron chi connectivity index (χ4n) is 1.18. The number of aliphatic hydroxyl groups excluding tert-OH is 1. The number of nitrogens with one attached hydrogen (secondary N) is 1. The van der Waals surface area contributed by atoms with Crippen LogP contribution in [0.5, 0.6) is 11.5 Å². The minimum Gasteiger partial charge on any atom is -0.507 e. The van der Waals surface area contributed by atoms with Crippen molar-refractivity contribution in [3.8, 4) is 11.5 Å². The number of benzene rings is 1. The Bertz CT molecular complexity index is 351. The van der Waals surface area contributed by atoms with E-state index in [9.17, 15) is 9.90 Å². The Balaban J connectivity index is 2.95. The Morgan fingerprint density at radius 1 is 1.53 bits per heavy atom. The zero-order valence-electron chi connectivity index (χ0n) is 8.36. The summed E-state index contributed by atoms with van der Waals surface area (Å²) in [5.74, 6) is -0.325. The van der Waals surface area contributed by atoms with E-state index in [4.69, 9.17) is 9.84 Å². The molecule has 0 aliphatic carbocycles. The summed E-state index contributed by atoms with van der Waals surface area (Å²) in [7, 11) is 1.41. The Kier molecular flexibility index (Phi) is 3.93. The summed E-state index contributed by atoms with van der Waals surface area (Å²) >= 11 is 0. The van der Waals surface area contributed by atoms with Crippen molar-refractivity contribution in [1.82, 2.24) is 5.32 Å². The molecule has 0 bridgehead atoms. The standard InChI is InChI=1S/C10H13NO4/c1-15-8-4-2-3-7(13)9(8)10(14)11-5-6-12/h2-4,12-13H,5-6H2,1H3,(H,11,14). The number of rotatable bonds is 4. The van der Waals surface area contributed by atoms with Crippen molar-refractivity contribution in [2.75, 3.05) is 20.3 Å². The number of hydrogen-bond acceptors (Lipinski definition) is 4. The number of aromatic hydroxyl groups is 1. The lowest BCUT2D eigenvalue weighted by molar-refractivity contribution is 0.0939. The molecule has 1 rings (SSSR count). The first kappa shape index (κ1) is 11.3. The number of hydrogen-bond donors (Lipinski definition) is 3. The molecule has 3 N–H and O–H groups in total. The minimum atomic E-state index is -0.473. The maximum absolute atomic E-state index is 11.5. The summed E-state index contributed by atoms with van der Waals surface area (Å²) in [6, 6.07) is 4.56.